The van der Waals surface area contributed by atoms with Crippen LogP contribution in [0.3, 0.4) is 0 Å². The van der Waals surface area contributed by atoms with Gasteiger partial charge in [-0.1, -0.05) is 6.92 Å². The van der Waals surface area contributed by atoms with E-state index in [1.54, 1.807) is 17.4 Å². The fourth-order valence-corrected chi connectivity index (χ4v) is 2.62. The van der Waals surface area contributed by atoms with Gasteiger partial charge >= 0.3 is 0 Å². The zero-order valence-electron chi connectivity index (χ0n) is 7.87. The molecule has 1 heterocycles. The monoisotopic (exact) mass is 202 g/mol. The normalized spacial score (nSPS) is 10.3. The first-order chi connectivity index (χ1) is 6.76. The van der Waals surface area contributed by atoms with Crippen molar-refractivity contribution in [1.29, 1.82) is 5.26 Å². The standard InChI is InChI=1S/C11H10N2S/c1-2-8-6-14-11-9(8)3-7(5-12)4-10(11)13/h3-4,6H,2,13H2,1H3. The van der Waals surface area contributed by atoms with Crippen LogP contribution in [0.2, 0.25) is 0 Å². The Kier molecular flexibility index (Phi) is 2.14. The Hall–Kier alpha value is -1.53. The maximum absolute atomic E-state index is 8.82. The Morgan fingerprint density at radius 2 is 2.29 bits per heavy atom. The maximum atomic E-state index is 8.82. The minimum Gasteiger partial charge on any atom is -0.398 e. The van der Waals surface area contributed by atoms with Gasteiger partial charge in [-0.15, -0.1) is 11.3 Å². The van der Waals surface area contributed by atoms with Crippen molar-refractivity contribution in [3.63, 3.8) is 0 Å². The van der Waals surface area contributed by atoms with E-state index < -0.39 is 0 Å². The molecule has 0 radical (unpaired) electrons. The topological polar surface area (TPSA) is 49.8 Å². The van der Waals surface area contributed by atoms with Crippen molar-refractivity contribution in [2.45, 2.75) is 13.3 Å². The highest BCUT2D eigenvalue weighted by Gasteiger charge is 2.06. The largest absolute Gasteiger partial charge is 0.398 e. The molecule has 0 bridgehead atoms. The minimum atomic E-state index is 0.642. The van der Waals surface area contributed by atoms with E-state index in [1.165, 1.54) is 5.56 Å². The van der Waals surface area contributed by atoms with Gasteiger partial charge in [0.15, 0.2) is 0 Å². The van der Waals surface area contributed by atoms with Crippen LogP contribution in [0.4, 0.5) is 5.69 Å². The van der Waals surface area contributed by atoms with E-state index in [0.717, 1.165) is 16.5 Å². The van der Waals surface area contributed by atoms with E-state index in [1.807, 2.05) is 6.07 Å². The van der Waals surface area contributed by atoms with Gasteiger partial charge in [0, 0.05) is 0 Å². The van der Waals surface area contributed by atoms with E-state index in [0.29, 0.717) is 11.3 Å². The second-order valence-corrected chi connectivity index (χ2v) is 4.05. The fraction of sp³-hybridized carbons (Fsp3) is 0.182. The summed E-state index contributed by atoms with van der Waals surface area (Å²) in [6.07, 6.45) is 0.980. The highest BCUT2D eigenvalue weighted by Crippen LogP contribution is 2.32. The third-order valence-electron chi connectivity index (χ3n) is 2.29. The number of fused-ring (bicyclic) bond motifs is 1. The number of anilines is 1. The Bertz CT molecular complexity index is 520. The third kappa shape index (κ3) is 1.24. The lowest BCUT2D eigenvalue weighted by Crippen LogP contribution is -1.87. The molecule has 0 saturated heterocycles. The van der Waals surface area contributed by atoms with Crippen LogP contribution in [0.5, 0.6) is 0 Å². The van der Waals surface area contributed by atoms with Gasteiger partial charge in [-0.05, 0) is 34.9 Å². The summed E-state index contributed by atoms with van der Waals surface area (Å²) in [5, 5.41) is 12.1. The number of benzene rings is 1. The number of aryl methyl sites for hydroxylation is 1. The van der Waals surface area contributed by atoms with Gasteiger partial charge in [0.2, 0.25) is 0 Å². The van der Waals surface area contributed by atoms with Crippen molar-refractivity contribution in [2.24, 2.45) is 0 Å². The average Bonchev–Trinajstić information content (AvgIpc) is 2.61. The summed E-state index contributed by atoms with van der Waals surface area (Å²) in [5.74, 6) is 0. The predicted octanol–water partition coefficient (Wildman–Crippen LogP) is 2.92. The molecule has 0 fully saturated rings. The molecule has 3 heteroatoms. The van der Waals surface area contributed by atoms with Crippen LogP contribution >= 0.6 is 11.3 Å². The van der Waals surface area contributed by atoms with Crippen LogP contribution in [0.1, 0.15) is 18.1 Å². The molecular weight excluding hydrogens is 192 g/mol. The quantitative estimate of drug-likeness (QED) is 0.723. The summed E-state index contributed by atoms with van der Waals surface area (Å²) in [7, 11) is 0. The molecule has 0 aliphatic carbocycles. The summed E-state index contributed by atoms with van der Waals surface area (Å²) >= 11 is 1.65. The summed E-state index contributed by atoms with van der Waals surface area (Å²) in [6, 6.07) is 5.78. The van der Waals surface area contributed by atoms with Crippen molar-refractivity contribution in [2.75, 3.05) is 5.73 Å². The van der Waals surface area contributed by atoms with Gasteiger partial charge in [-0.3, -0.25) is 0 Å². The fourth-order valence-electron chi connectivity index (χ4n) is 1.55. The number of nitriles is 1. The zero-order valence-corrected chi connectivity index (χ0v) is 8.69. The summed E-state index contributed by atoms with van der Waals surface area (Å²) < 4.78 is 1.10. The number of nitrogens with zero attached hydrogens (tertiary/aromatic N) is 1. The Balaban J connectivity index is 2.82. The van der Waals surface area contributed by atoms with Crippen LogP contribution in [-0.4, -0.2) is 0 Å². The van der Waals surface area contributed by atoms with Gasteiger partial charge in [-0.2, -0.15) is 5.26 Å². The zero-order chi connectivity index (χ0) is 10.1. The van der Waals surface area contributed by atoms with E-state index in [-0.39, 0.29) is 0 Å². The summed E-state index contributed by atoms with van der Waals surface area (Å²) in [5.41, 5.74) is 8.49. The molecule has 70 valence electrons. The first kappa shape index (κ1) is 9.04. The van der Waals surface area contributed by atoms with Crippen LogP contribution in [0.15, 0.2) is 17.5 Å². The van der Waals surface area contributed by atoms with E-state index in [2.05, 4.69) is 18.4 Å². The first-order valence-corrected chi connectivity index (χ1v) is 5.34. The minimum absolute atomic E-state index is 0.642. The number of thiophene rings is 1. The number of rotatable bonds is 1. The van der Waals surface area contributed by atoms with Crippen LogP contribution in [0, 0.1) is 11.3 Å². The molecule has 0 saturated carbocycles. The predicted molar refractivity (Wildman–Crippen MR) is 60.3 cm³/mol. The van der Waals surface area contributed by atoms with Crippen LogP contribution in [0.25, 0.3) is 10.1 Å². The molecule has 2 N–H and O–H groups in total. The lowest BCUT2D eigenvalue weighted by atomic mass is 10.1. The molecule has 1 aromatic heterocycles. The number of hydrogen-bond acceptors (Lipinski definition) is 3. The maximum Gasteiger partial charge on any atom is 0.0992 e. The second kappa shape index (κ2) is 3.32. The first-order valence-electron chi connectivity index (χ1n) is 4.46. The summed E-state index contributed by atoms with van der Waals surface area (Å²) in [6.45, 7) is 2.11. The van der Waals surface area contributed by atoms with Crippen molar-refractivity contribution >= 4 is 27.1 Å². The van der Waals surface area contributed by atoms with Gasteiger partial charge in [-0.25, -0.2) is 0 Å². The van der Waals surface area contributed by atoms with Crippen LogP contribution < -0.4 is 5.73 Å². The molecule has 2 aromatic rings. The van der Waals surface area contributed by atoms with Crippen molar-refractivity contribution in [3.8, 4) is 6.07 Å². The van der Waals surface area contributed by atoms with Crippen molar-refractivity contribution in [3.05, 3.63) is 28.6 Å². The molecule has 0 amide bonds. The average molecular weight is 202 g/mol. The van der Waals surface area contributed by atoms with E-state index in [9.17, 15) is 0 Å². The summed E-state index contributed by atoms with van der Waals surface area (Å²) in [4.78, 5) is 0. The molecule has 2 rings (SSSR count). The second-order valence-electron chi connectivity index (χ2n) is 3.17. The number of nitrogens with two attached hydrogens (primary N) is 1. The van der Waals surface area contributed by atoms with Gasteiger partial charge in [0.1, 0.15) is 0 Å². The molecular formula is C11H10N2S. The molecule has 0 atom stereocenters. The Morgan fingerprint density at radius 1 is 1.50 bits per heavy atom. The SMILES string of the molecule is CCc1csc2c(N)cc(C#N)cc12. The van der Waals surface area contributed by atoms with E-state index >= 15 is 0 Å². The molecule has 1 aromatic carbocycles. The third-order valence-corrected chi connectivity index (χ3v) is 3.39. The highest BCUT2D eigenvalue weighted by atomic mass is 32.1. The van der Waals surface area contributed by atoms with Gasteiger partial charge in [0.05, 0.1) is 22.0 Å². The highest BCUT2D eigenvalue weighted by molar-refractivity contribution is 7.18. The number of hydrogen-bond donors (Lipinski definition) is 1. The molecule has 0 spiro atoms. The Morgan fingerprint density at radius 3 is 2.93 bits per heavy atom. The lowest BCUT2D eigenvalue weighted by molar-refractivity contribution is 1.17. The molecule has 2 nitrogen and oxygen atoms in total. The Labute approximate surface area is 86.6 Å². The molecule has 0 aliphatic heterocycles. The van der Waals surface area contributed by atoms with E-state index in [4.69, 9.17) is 11.0 Å². The van der Waals surface area contributed by atoms with Crippen LogP contribution in [-0.2, 0) is 6.42 Å². The number of nitrogen functional groups attached to an aromatic ring is 1. The molecule has 14 heavy (non-hydrogen) atoms. The van der Waals surface area contributed by atoms with Crippen molar-refractivity contribution < 1.29 is 0 Å². The molecule has 0 aliphatic rings. The molecule has 0 unspecified atom stereocenters. The van der Waals surface area contributed by atoms with Gasteiger partial charge in [0.25, 0.3) is 0 Å². The van der Waals surface area contributed by atoms with Gasteiger partial charge < -0.3 is 5.73 Å². The smallest absolute Gasteiger partial charge is 0.0992 e. The van der Waals surface area contributed by atoms with Crippen molar-refractivity contribution in [1.82, 2.24) is 0 Å². The lowest BCUT2D eigenvalue weighted by Gasteiger charge is -1.98.